The molecule has 3 rings (SSSR count). The van der Waals surface area contributed by atoms with Crippen LogP contribution in [-0.4, -0.2) is 15.6 Å². The minimum absolute atomic E-state index is 0.0154. The van der Waals surface area contributed by atoms with Crippen LogP contribution < -0.4 is 5.32 Å². The monoisotopic (exact) mass is 312 g/mol. The van der Waals surface area contributed by atoms with Gasteiger partial charge in [-0.25, -0.2) is 0 Å². The summed E-state index contributed by atoms with van der Waals surface area (Å²) >= 11 is 1.63. The van der Waals surface area contributed by atoms with Crippen LogP contribution in [0.5, 0.6) is 5.75 Å². The van der Waals surface area contributed by atoms with Gasteiger partial charge in [-0.05, 0) is 58.8 Å². The molecule has 1 atom stereocenters. The lowest BCUT2D eigenvalue weighted by molar-refractivity contribution is -0.116. The normalized spacial score (nSPS) is 12.0. The zero-order chi connectivity index (χ0) is 15.4. The molecule has 2 aromatic heterocycles. The molecule has 3 aromatic rings. The van der Waals surface area contributed by atoms with Crippen LogP contribution in [0.3, 0.4) is 0 Å². The van der Waals surface area contributed by atoms with Crippen molar-refractivity contribution in [1.82, 2.24) is 4.57 Å². The number of carbonyl (C=O) groups excluding carboxylic acids is 1. The van der Waals surface area contributed by atoms with Crippen molar-refractivity contribution < 1.29 is 9.90 Å². The van der Waals surface area contributed by atoms with E-state index in [-0.39, 0.29) is 17.7 Å². The molecule has 0 saturated carbocycles. The number of thiophene rings is 1. The summed E-state index contributed by atoms with van der Waals surface area (Å²) in [7, 11) is 0. The Bertz CT molecular complexity index is 684. The van der Waals surface area contributed by atoms with E-state index in [9.17, 15) is 9.90 Å². The summed E-state index contributed by atoms with van der Waals surface area (Å²) in [5.74, 6) is 0.122. The SMILES string of the molecule is O=C(C[C@@H](c1ccsc1)n1cccc1)Nc1ccc(O)cc1. The second-order valence-corrected chi connectivity index (χ2v) is 5.78. The molecule has 2 heterocycles. The van der Waals surface area contributed by atoms with Gasteiger partial charge in [-0.15, -0.1) is 0 Å². The third-order valence-corrected chi connectivity index (χ3v) is 4.15. The van der Waals surface area contributed by atoms with E-state index in [0.717, 1.165) is 5.56 Å². The van der Waals surface area contributed by atoms with E-state index >= 15 is 0 Å². The average Bonchev–Trinajstić information content (AvgIpc) is 3.21. The Balaban J connectivity index is 1.73. The highest BCUT2D eigenvalue weighted by atomic mass is 32.1. The molecule has 1 aromatic carbocycles. The lowest BCUT2D eigenvalue weighted by atomic mass is 10.1. The van der Waals surface area contributed by atoms with E-state index in [1.165, 1.54) is 0 Å². The first-order valence-corrected chi connectivity index (χ1v) is 7.90. The zero-order valence-electron chi connectivity index (χ0n) is 11.8. The van der Waals surface area contributed by atoms with E-state index in [1.807, 2.05) is 40.5 Å². The smallest absolute Gasteiger partial charge is 0.226 e. The van der Waals surface area contributed by atoms with Gasteiger partial charge in [0.25, 0.3) is 0 Å². The summed E-state index contributed by atoms with van der Waals surface area (Å²) < 4.78 is 2.04. The van der Waals surface area contributed by atoms with Crippen molar-refractivity contribution in [3.8, 4) is 5.75 Å². The van der Waals surface area contributed by atoms with Gasteiger partial charge in [0, 0.05) is 18.1 Å². The molecule has 1 amide bonds. The van der Waals surface area contributed by atoms with Crippen LogP contribution in [0.15, 0.2) is 65.6 Å². The molecule has 0 aliphatic heterocycles. The van der Waals surface area contributed by atoms with Gasteiger partial charge in [-0.3, -0.25) is 4.79 Å². The molecule has 0 radical (unpaired) electrons. The van der Waals surface area contributed by atoms with Crippen molar-refractivity contribution in [2.75, 3.05) is 5.32 Å². The molecule has 112 valence electrons. The van der Waals surface area contributed by atoms with Crippen LogP contribution in [-0.2, 0) is 4.79 Å². The van der Waals surface area contributed by atoms with Crippen LogP contribution in [0.4, 0.5) is 5.69 Å². The van der Waals surface area contributed by atoms with Gasteiger partial charge in [-0.1, -0.05) is 0 Å². The predicted octanol–water partition coefficient (Wildman–Crippen LogP) is 3.87. The number of hydrogen-bond acceptors (Lipinski definition) is 3. The Kier molecular flexibility index (Phi) is 4.25. The molecule has 0 aliphatic carbocycles. The van der Waals surface area contributed by atoms with Crippen molar-refractivity contribution in [3.05, 3.63) is 71.2 Å². The van der Waals surface area contributed by atoms with Crippen molar-refractivity contribution >= 4 is 22.9 Å². The van der Waals surface area contributed by atoms with Gasteiger partial charge in [0.05, 0.1) is 12.5 Å². The molecule has 0 aliphatic rings. The summed E-state index contributed by atoms with van der Waals surface area (Å²) in [6.45, 7) is 0. The molecule has 0 spiro atoms. The first kappa shape index (κ1) is 14.4. The number of benzene rings is 1. The van der Waals surface area contributed by atoms with Crippen molar-refractivity contribution in [3.63, 3.8) is 0 Å². The lowest BCUT2D eigenvalue weighted by Gasteiger charge is -2.18. The largest absolute Gasteiger partial charge is 0.508 e. The van der Waals surface area contributed by atoms with Gasteiger partial charge in [0.1, 0.15) is 5.75 Å². The molecule has 5 heteroatoms. The first-order valence-electron chi connectivity index (χ1n) is 6.96. The van der Waals surface area contributed by atoms with Crippen molar-refractivity contribution in [2.24, 2.45) is 0 Å². The van der Waals surface area contributed by atoms with Gasteiger partial charge < -0.3 is 15.0 Å². The topological polar surface area (TPSA) is 54.3 Å². The number of aromatic hydroxyl groups is 1. The number of hydrogen-bond donors (Lipinski definition) is 2. The summed E-state index contributed by atoms with van der Waals surface area (Å²) in [4.78, 5) is 12.3. The molecule has 0 fully saturated rings. The second kappa shape index (κ2) is 6.49. The van der Waals surface area contributed by atoms with Gasteiger partial charge in [0.15, 0.2) is 0 Å². The summed E-state index contributed by atoms with van der Waals surface area (Å²) in [5, 5.41) is 16.2. The van der Waals surface area contributed by atoms with E-state index in [2.05, 4.69) is 10.7 Å². The number of nitrogens with one attached hydrogen (secondary N) is 1. The summed E-state index contributed by atoms with van der Waals surface area (Å²) in [5.41, 5.74) is 1.81. The van der Waals surface area contributed by atoms with Crippen molar-refractivity contribution in [2.45, 2.75) is 12.5 Å². The fourth-order valence-electron chi connectivity index (χ4n) is 2.35. The quantitative estimate of drug-likeness (QED) is 0.703. The fourth-order valence-corrected chi connectivity index (χ4v) is 3.06. The number of aromatic nitrogens is 1. The predicted molar refractivity (Wildman–Crippen MR) is 88.2 cm³/mol. The maximum Gasteiger partial charge on any atom is 0.226 e. The van der Waals surface area contributed by atoms with Crippen LogP contribution in [0.1, 0.15) is 18.0 Å². The minimum Gasteiger partial charge on any atom is -0.508 e. The molecule has 0 saturated heterocycles. The van der Waals surface area contributed by atoms with Crippen LogP contribution in [0.2, 0.25) is 0 Å². The van der Waals surface area contributed by atoms with E-state index in [0.29, 0.717) is 12.1 Å². The zero-order valence-corrected chi connectivity index (χ0v) is 12.7. The van der Waals surface area contributed by atoms with Gasteiger partial charge in [-0.2, -0.15) is 11.3 Å². The van der Waals surface area contributed by atoms with Crippen LogP contribution >= 0.6 is 11.3 Å². The summed E-state index contributed by atoms with van der Waals surface area (Å²) in [6.07, 6.45) is 4.29. The first-order chi connectivity index (χ1) is 10.7. The molecular weight excluding hydrogens is 296 g/mol. The number of nitrogens with zero attached hydrogens (tertiary/aromatic N) is 1. The Morgan fingerprint density at radius 1 is 1.18 bits per heavy atom. The highest BCUT2D eigenvalue weighted by Crippen LogP contribution is 2.25. The van der Waals surface area contributed by atoms with E-state index < -0.39 is 0 Å². The molecule has 4 nitrogen and oxygen atoms in total. The summed E-state index contributed by atoms with van der Waals surface area (Å²) in [6, 6.07) is 12.4. The maximum absolute atomic E-state index is 12.3. The molecule has 0 unspecified atom stereocenters. The Morgan fingerprint density at radius 3 is 2.55 bits per heavy atom. The number of carbonyl (C=O) groups is 1. The fraction of sp³-hybridized carbons (Fsp3) is 0.118. The highest BCUT2D eigenvalue weighted by Gasteiger charge is 2.17. The lowest BCUT2D eigenvalue weighted by Crippen LogP contribution is -2.19. The number of phenolic OH excluding ortho intramolecular Hbond substituents is 1. The maximum atomic E-state index is 12.3. The van der Waals surface area contributed by atoms with E-state index in [1.54, 1.807) is 35.6 Å². The minimum atomic E-state index is -0.0596. The number of phenols is 1. The Morgan fingerprint density at radius 2 is 1.91 bits per heavy atom. The highest BCUT2D eigenvalue weighted by molar-refractivity contribution is 7.08. The number of anilines is 1. The van der Waals surface area contributed by atoms with E-state index in [4.69, 9.17) is 0 Å². The van der Waals surface area contributed by atoms with Gasteiger partial charge in [0.2, 0.25) is 5.91 Å². The molecular formula is C17H16N2O2S. The molecule has 2 N–H and O–H groups in total. The molecule has 0 bridgehead atoms. The van der Waals surface area contributed by atoms with Crippen LogP contribution in [0.25, 0.3) is 0 Å². The average molecular weight is 312 g/mol. The third kappa shape index (κ3) is 3.38. The number of amides is 1. The standard InChI is InChI=1S/C17H16N2O2S/c20-15-5-3-14(4-6-15)18-17(21)11-16(13-7-10-22-12-13)19-8-1-2-9-19/h1-10,12,16,20H,11H2,(H,18,21)/t16-/m0/s1. The Hall–Kier alpha value is -2.53. The second-order valence-electron chi connectivity index (χ2n) is 5.00. The number of rotatable bonds is 5. The Labute approximate surface area is 132 Å². The van der Waals surface area contributed by atoms with Crippen molar-refractivity contribution in [1.29, 1.82) is 0 Å². The van der Waals surface area contributed by atoms with Crippen LogP contribution in [0, 0.1) is 0 Å². The molecule has 22 heavy (non-hydrogen) atoms. The van der Waals surface area contributed by atoms with Gasteiger partial charge >= 0.3 is 0 Å². The third-order valence-electron chi connectivity index (χ3n) is 3.45.